The SMILES string of the molecule is Cc1ccc(OC2CCC(NS(=O)(=O)Cc3ccc(Cl)cc3)CC2)nc1. The summed E-state index contributed by atoms with van der Waals surface area (Å²) in [6, 6.07) is 10.7. The van der Waals surface area contributed by atoms with Crippen molar-refractivity contribution in [3.8, 4) is 5.88 Å². The van der Waals surface area contributed by atoms with Crippen molar-refractivity contribution in [1.29, 1.82) is 0 Å². The van der Waals surface area contributed by atoms with Gasteiger partial charge < -0.3 is 4.74 Å². The first-order chi connectivity index (χ1) is 12.4. The Labute approximate surface area is 159 Å². The monoisotopic (exact) mass is 394 g/mol. The minimum Gasteiger partial charge on any atom is -0.474 e. The molecule has 1 aromatic carbocycles. The lowest BCUT2D eigenvalue weighted by Crippen LogP contribution is -2.40. The highest BCUT2D eigenvalue weighted by Crippen LogP contribution is 2.24. The van der Waals surface area contributed by atoms with Crippen LogP contribution in [0.5, 0.6) is 5.88 Å². The number of ether oxygens (including phenoxy) is 1. The van der Waals surface area contributed by atoms with Crippen molar-refractivity contribution in [3.05, 3.63) is 58.7 Å². The van der Waals surface area contributed by atoms with Crippen molar-refractivity contribution in [2.45, 2.75) is 50.5 Å². The third kappa shape index (κ3) is 5.69. The summed E-state index contributed by atoms with van der Waals surface area (Å²) < 4.78 is 33.5. The van der Waals surface area contributed by atoms with Gasteiger partial charge in [0.05, 0.1) is 5.75 Å². The number of rotatable bonds is 6. The molecule has 0 spiro atoms. The first-order valence-corrected chi connectivity index (χ1v) is 10.8. The second-order valence-corrected chi connectivity index (χ2v) is 8.96. The predicted molar refractivity (Wildman–Crippen MR) is 103 cm³/mol. The number of halogens is 1. The molecule has 1 heterocycles. The van der Waals surface area contributed by atoms with E-state index < -0.39 is 10.0 Å². The molecule has 2 aromatic rings. The highest BCUT2D eigenvalue weighted by molar-refractivity contribution is 7.88. The zero-order valence-electron chi connectivity index (χ0n) is 14.7. The highest BCUT2D eigenvalue weighted by atomic mass is 35.5. The van der Waals surface area contributed by atoms with Crippen molar-refractivity contribution in [2.75, 3.05) is 0 Å². The molecule has 1 aliphatic carbocycles. The van der Waals surface area contributed by atoms with E-state index in [0.29, 0.717) is 10.9 Å². The molecule has 0 bridgehead atoms. The van der Waals surface area contributed by atoms with Crippen molar-refractivity contribution in [3.63, 3.8) is 0 Å². The van der Waals surface area contributed by atoms with Gasteiger partial charge in [0.25, 0.3) is 0 Å². The van der Waals surface area contributed by atoms with Crippen molar-refractivity contribution in [2.24, 2.45) is 0 Å². The number of aromatic nitrogens is 1. The number of nitrogens with one attached hydrogen (secondary N) is 1. The number of hydrogen-bond donors (Lipinski definition) is 1. The summed E-state index contributed by atoms with van der Waals surface area (Å²) in [5, 5.41) is 0.598. The zero-order valence-corrected chi connectivity index (χ0v) is 16.3. The van der Waals surface area contributed by atoms with Crippen LogP contribution in [0.2, 0.25) is 5.02 Å². The molecule has 3 rings (SSSR count). The van der Waals surface area contributed by atoms with Gasteiger partial charge in [-0.3, -0.25) is 0 Å². The Bertz CT molecular complexity index is 815. The van der Waals surface area contributed by atoms with Crippen LogP contribution in [0.4, 0.5) is 0 Å². The lowest BCUT2D eigenvalue weighted by Gasteiger charge is -2.29. The Morgan fingerprint density at radius 1 is 1.12 bits per heavy atom. The van der Waals surface area contributed by atoms with E-state index in [4.69, 9.17) is 16.3 Å². The average molecular weight is 395 g/mol. The number of nitrogens with zero attached hydrogens (tertiary/aromatic N) is 1. The minimum atomic E-state index is -3.37. The van der Waals surface area contributed by atoms with Crippen LogP contribution in [0.25, 0.3) is 0 Å². The molecule has 140 valence electrons. The summed E-state index contributed by atoms with van der Waals surface area (Å²) >= 11 is 5.84. The molecule has 1 fully saturated rings. The lowest BCUT2D eigenvalue weighted by atomic mass is 9.94. The Balaban J connectivity index is 1.48. The van der Waals surface area contributed by atoms with Gasteiger partial charge in [0.15, 0.2) is 0 Å². The van der Waals surface area contributed by atoms with Crippen LogP contribution in [-0.4, -0.2) is 25.5 Å². The van der Waals surface area contributed by atoms with E-state index >= 15 is 0 Å². The van der Waals surface area contributed by atoms with Gasteiger partial charge in [-0.2, -0.15) is 0 Å². The van der Waals surface area contributed by atoms with Gasteiger partial charge in [0.2, 0.25) is 15.9 Å². The van der Waals surface area contributed by atoms with Crippen molar-refractivity contribution >= 4 is 21.6 Å². The summed E-state index contributed by atoms with van der Waals surface area (Å²) in [7, 11) is -3.37. The average Bonchev–Trinajstić information content (AvgIpc) is 2.60. The molecule has 0 atom stereocenters. The standard InChI is InChI=1S/C19H23ClN2O3S/c1-14-2-11-19(21-12-14)25-18-9-7-17(8-10-18)22-26(23,24)13-15-3-5-16(20)6-4-15/h2-6,11-12,17-18,22H,7-10,13H2,1H3. The summed E-state index contributed by atoms with van der Waals surface area (Å²) in [5.74, 6) is 0.593. The third-order valence-electron chi connectivity index (χ3n) is 4.46. The summed E-state index contributed by atoms with van der Waals surface area (Å²) in [6.45, 7) is 1.98. The van der Waals surface area contributed by atoms with E-state index in [1.165, 1.54) is 0 Å². The van der Waals surface area contributed by atoms with Crippen LogP contribution in [0.3, 0.4) is 0 Å². The molecule has 0 amide bonds. The van der Waals surface area contributed by atoms with E-state index in [9.17, 15) is 8.42 Å². The summed E-state index contributed by atoms with van der Waals surface area (Å²) in [6.07, 6.45) is 5.01. The smallest absolute Gasteiger partial charge is 0.216 e. The second-order valence-electron chi connectivity index (χ2n) is 6.77. The van der Waals surface area contributed by atoms with Gasteiger partial charge in [0.1, 0.15) is 6.10 Å². The third-order valence-corrected chi connectivity index (χ3v) is 6.12. The summed E-state index contributed by atoms with van der Waals surface area (Å²) in [5.41, 5.74) is 1.82. The molecule has 0 saturated heterocycles. The van der Waals surface area contributed by atoms with Crippen LogP contribution >= 0.6 is 11.6 Å². The molecular formula is C19H23ClN2O3S. The van der Waals surface area contributed by atoms with Crippen molar-refractivity contribution in [1.82, 2.24) is 9.71 Å². The molecule has 0 aliphatic heterocycles. The molecule has 1 saturated carbocycles. The van der Waals surface area contributed by atoms with Gasteiger partial charge in [-0.05, 0) is 55.9 Å². The number of pyridine rings is 1. The Morgan fingerprint density at radius 3 is 2.42 bits per heavy atom. The fraction of sp³-hybridized carbons (Fsp3) is 0.421. The van der Waals surface area contributed by atoms with Crippen LogP contribution in [-0.2, 0) is 15.8 Å². The summed E-state index contributed by atoms with van der Waals surface area (Å²) in [4.78, 5) is 4.26. The fourth-order valence-corrected chi connectivity index (χ4v) is 4.67. The Morgan fingerprint density at radius 2 is 1.81 bits per heavy atom. The predicted octanol–water partition coefficient (Wildman–Crippen LogP) is 3.85. The van der Waals surface area contributed by atoms with Gasteiger partial charge in [-0.25, -0.2) is 18.1 Å². The van der Waals surface area contributed by atoms with Crippen LogP contribution < -0.4 is 9.46 Å². The molecule has 1 N–H and O–H groups in total. The first-order valence-electron chi connectivity index (χ1n) is 8.73. The largest absolute Gasteiger partial charge is 0.474 e. The van der Waals surface area contributed by atoms with Crippen LogP contribution in [0.15, 0.2) is 42.6 Å². The Kier molecular flexibility index (Phi) is 6.16. The number of hydrogen-bond acceptors (Lipinski definition) is 4. The van der Waals surface area contributed by atoms with Gasteiger partial charge in [0, 0.05) is 23.3 Å². The molecule has 1 aromatic heterocycles. The van der Waals surface area contributed by atoms with E-state index in [0.717, 1.165) is 36.8 Å². The molecule has 5 nitrogen and oxygen atoms in total. The topological polar surface area (TPSA) is 68.3 Å². The molecule has 1 aliphatic rings. The van der Waals surface area contributed by atoms with E-state index in [-0.39, 0.29) is 17.9 Å². The van der Waals surface area contributed by atoms with Crippen LogP contribution in [0.1, 0.15) is 36.8 Å². The number of sulfonamides is 1. The maximum absolute atomic E-state index is 12.4. The number of aryl methyl sites for hydroxylation is 1. The molecular weight excluding hydrogens is 372 g/mol. The highest BCUT2D eigenvalue weighted by Gasteiger charge is 2.26. The maximum atomic E-state index is 12.4. The Hall–Kier alpha value is -1.63. The van der Waals surface area contributed by atoms with E-state index in [1.807, 2.05) is 19.1 Å². The van der Waals surface area contributed by atoms with E-state index in [2.05, 4.69) is 9.71 Å². The minimum absolute atomic E-state index is 0.0338. The zero-order chi connectivity index (χ0) is 18.6. The molecule has 0 unspecified atom stereocenters. The van der Waals surface area contributed by atoms with Crippen LogP contribution in [0, 0.1) is 6.92 Å². The maximum Gasteiger partial charge on any atom is 0.216 e. The molecule has 0 radical (unpaired) electrons. The normalized spacial score (nSPS) is 20.7. The van der Waals surface area contributed by atoms with Gasteiger partial charge in [-0.1, -0.05) is 29.8 Å². The quantitative estimate of drug-likeness (QED) is 0.807. The lowest BCUT2D eigenvalue weighted by molar-refractivity contribution is 0.138. The van der Waals surface area contributed by atoms with Gasteiger partial charge in [-0.15, -0.1) is 0 Å². The van der Waals surface area contributed by atoms with Gasteiger partial charge >= 0.3 is 0 Å². The molecule has 7 heteroatoms. The first kappa shape index (κ1) is 19.1. The molecule has 26 heavy (non-hydrogen) atoms. The fourth-order valence-electron chi connectivity index (χ4n) is 3.09. The second kappa shape index (κ2) is 8.37. The van der Waals surface area contributed by atoms with E-state index in [1.54, 1.807) is 30.5 Å². The number of benzene rings is 1. The van der Waals surface area contributed by atoms with Crippen molar-refractivity contribution < 1.29 is 13.2 Å².